The molecule has 5 nitrogen and oxygen atoms in total. The molecule has 0 bridgehead atoms. The second-order valence-corrected chi connectivity index (χ2v) is 4.55. The van der Waals surface area contributed by atoms with Crippen LogP contribution < -0.4 is 10.7 Å². The Morgan fingerprint density at radius 1 is 1.19 bits per heavy atom. The number of amides is 1. The second kappa shape index (κ2) is 7.09. The zero-order chi connectivity index (χ0) is 15.1. The number of nitrogens with zero attached hydrogens (tertiary/aromatic N) is 1. The maximum Gasteiger partial charge on any atom is 0.259 e. The molecule has 2 rings (SSSR count). The molecular weight excluding hydrogens is 266 g/mol. The Bertz CT molecular complexity index is 636. The van der Waals surface area contributed by atoms with Gasteiger partial charge in [0.2, 0.25) is 0 Å². The summed E-state index contributed by atoms with van der Waals surface area (Å²) in [6, 6.07) is 14.3. The lowest BCUT2D eigenvalue weighted by Crippen LogP contribution is -2.26. The van der Waals surface area contributed by atoms with Crippen LogP contribution in [0.1, 0.15) is 11.1 Å². The summed E-state index contributed by atoms with van der Waals surface area (Å²) in [6.07, 6.45) is 1.52. The molecule has 0 aromatic heterocycles. The Labute approximate surface area is 123 Å². The number of nitrogens with one attached hydrogen (secondary N) is 2. The first-order chi connectivity index (χ1) is 10.1. The van der Waals surface area contributed by atoms with Gasteiger partial charge in [0.15, 0.2) is 0 Å². The van der Waals surface area contributed by atoms with Crippen molar-refractivity contribution < 1.29 is 9.90 Å². The fourth-order valence-electron chi connectivity index (χ4n) is 1.73. The highest BCUT2D eigenvalue weighted by molar-refractivity contribution is 5.84. The Balaban J connectivity index is 1.80. The lowest BCUT2D eigenvalue weighted by atomic mass is 10.2. The van der Waals surface area contributed by atoms with Crippen LogP contribution in [0.25, 0.3) is 0 Å². The Morgan fingerprint density at radius 2 is 1.90 bits per heavy atom. The molecule has 0 aliphatic heterocycles. The summed E-state index contributed by atoms with van der Waals surface area (Å²) in [7, 11) is 0. The van der Waals surface area contributed by atoms with Gasteiger partial charge in [-0.15, -0.1) is 0 Å². The number of carbonyl (C=O) groups is 1. The molecular formula is C16H17N3O2. The van der Waals surface area contributed by atoms with Gasteiger partial charge in [0, 0.05) is 5.69 Å². The Morgan fingerprint density at radius 3 is 2.62 bits per heavy atom. The lowest BCUT2D eigenvalue weighted by molar-refractivity contribution is -0.119. The fourth-order valence-corrected chi connectivity index (χ4v) is 1.73. The van der Waals surface area contributed by atoms with Crippen LogP contribution >= 0.6 is 0 Å². The third-order valence-corrected chi connectivity index (χ3v) is 2.88. The first-order valence-electron chi connectivity index (χ1n) is 6.55. The monoisotopic (exact) mass is 283 g/mol. The van der Waals surface area contributed by atoms with E-state index in [1.807, 2.05) is 31.2 Å². The summed E-state index contributed by atoms with van der Waals surface area (Å²) in [6.45, 7) is 2.13. The van der Waals surface area contributed by atoms with E-state index in [0.717, 1.165) is 16.8 Å². The largest absolute Gasteiger partial charge is 0.508 e. The van der Waals surface area contributed by atoms with Crippen LogP contribution in [0.4, 0.5) is 5.69 Å². The summed E-state index contributed by atoms with van der Waals surface area (Å²) >= 11 is 0. The van der Waals surface area contributed by atoms with Crippen molar-refractivity contribution in [2.45, 2.75) is 6.92 Å². The third kappa shape index (κ3) is 4.65. The number of aromatic hydroxyl groups is 1. The SMILES string of the molecule is Cc1ccccc1NCC(=O)N/N=C/c1ccc(O)cc1. The van der Waals surface area contributed by atoms with Crippen LogP contribution in [0.15, 0.2) is 53.6 Å². The van der Waals surface area contributed by atoms with Crippen molar-refractivity contribution in [3.63, 3.8) is 0 Å². The summed E-state index contributed by atoms with van der Waals surface area (Å²) < 4.78 is 0. The van der Waals surface area contributed by atoms with Crippen LogP contribution in [0.2, 0.25) is 0 Å². The van der Waals surface area contributed by atoms with Gasteiger partial charge in [-0.25, -0.2) is 5.43 Å². The molecule has 0 saturated carbocycles. The minimum atomic E-state index is -0.228. The molecule has 21 heavy (non-hydrogen) atoms. The van der Waals surface area contributed by atoms with Gasteiger partial charge >= 0.3 is 0 Å². The molecule has 0 spiro atoms. The van der Waals surface area contributed by atoms with Crippen molar-refractivity contribution >= 4 is 17.8 Å². The van der Waals surface area contributed by atoms with Crippen LogP contribution in [-0.2, 0) is 4.79 Å². The van der Waals surface area contributed by atoms with Gasteiger partial charge in [0.05, 0.1) is 12.8 Å². The number of carbonyl (C=O) groups excluding carboxylic acids is 1. The number of rotatable bonds is 5. The number of anilines is 1. The summed E-state index contributed by atoms with van der Waals surface area (Å²) in [5.74, 6) is -0.0353. The average molecular weight is 283 g/mol. The van der Waals surface area contributed by atoms with E-state index in [2.05, 4.69) is 15.8 Å². The first kappa shape index (κ1) is 14.6. The topological polar surface area (TPSA) is 73.7 Å². The van der Waals surface area contributed by atoms with Crippen molar-refractivity contribution in [3.8, 4) is 5.75 Å². The van der Waals surface area contributed by atoms with E-state index in [0.29, 0.717) is 0 Å². The predicted octanol–water partition coefficient (Wildman–Crippen LogP) is 2.26. The molecule has 0 heterocycles. The number of para-hydroxylation sites is 1. The molecule has 0 saturated heterocycles. The van der Waals surface area contributed by atoms with E-state index in [-0.39, 0.29) is 18.2 Å². The van der Waals surface area contributed by atoms with E-state index in [4.69, 9.17) is 5.11 Å². The zero-order valence-corrected chi connectivity index (χ0v) is 11.7. The molecule has 0 aliphatic rings. The molecule has 1 amide bonds. The number of benzene rings is 2. The molecule has 3 N–H and O–H groups in total. The highest BCUT2D eigenvalue weighted by atomic mass is 16.3. The van der Waals surface area contributed by atoms with Crippen molar-refractivity contribution in [2.75, 3.05) is 11.9 Å². The van der Waals surface area contributed by atoms with Crippen molar-refractivity contribution in [1.29, 1.82) is 0 Å². The highest BCUT2D eigenvalue weighted by Crippen LogP contribution is 2.12. The van der Waals surface area contributed by atoms with Crippen LogP contribution in [-0.4, -0.2) is 23.8 Å². The lowest BCUT2D eigenvalue weighted by Gasteiger charge is -2.07. The normalized spacial score (nSPS) is 10.5. The predicted molar refractivity (Wildman–Crippen MR) is 83.5 cm³/mol. The molecule has 0 fully saturated rings. The Kier molecular flexibility index (Phi) is 4.93. The van der Waals surface area contributed by atoms with Gasteiger partial charge < -0.3 is 10.4 Å². The Hall–Kier alpha value is -2.82. The average Bonchev–Trinajstić information content (AvgIpc) is 2.48. The summed E-state index contributed by atoms with van der Waals surface area (Å²) in [5, 5.41) is 16.1. The molecule has 0 radical (unpaired) electrons. The maximum atomic E-state index is 11.6. The number of aryl methyl sites for hydroxylation is 1. The van der Waals surface area contributed by atoms with E-state index in [1.54, 1.807) is 24.3 Å². The zero-order valence-electron chi connectivity index (χ0n) is 11.7. The first-order valence-corrected chi connectivity index (χ1v) is 6.55. The van der Waals surface area contributed by atoms with Gasteiger partial charge in [-0.3, -0.25) is 4.79 Å². The number of hydrogen-bond acceptors (Lipinski definition) is 4. The fraction of sp³-hybridized carbons (Fsp3) is 0.125. The quantitative estimate of drug-likeness (QED) is 0.582. The standard InChI is InChI=1S/C16H17N3O2/c1-12-4-2-3-5-15(12)17-11-16(21)19-18-10-13-6-8-14(20)9-7-13/h2-10,17,20H,11H2,1H3,(H,19,21)/b18-10+. The molecule has 0 aliphatic carbocycles. The number of hydrogen-bond donors (Lipinski definition) is 3. The van der Waals surface area contributed by atoms with Crippen molar-refractivity contribution in [1.82, 2.24) is 5.43 Å². The second-order valence-electron chi connectivity index (χ2n) is 4.55. The third-order valence-electron chi connectivity index (χ3n) is 2.88. The van der Waals surface area contributed by atoms with Gasteiger partial charge in [0.1, 0.15) is 5.75 Å². The van der Waals surface area contributed by atoms with Crippen LogP contribution in [0.3, 0.4) is 0 Å². The van der Waals surface area contributed by atoms with Crippen LogP contribution in [0.5, 0.6) is 5.75 Å². The molecule has 0 atom stereocenters. The van der Waals surface area contributed by atoms with Crippen molar-refractivity contribution in [3.05, 3.63) is 59.7 Å². The maximum absolute atomic E-state index is 11.6. The van der Waals surface area contributed by atoms with E-state index < -0.39 is 0 Å². The summed E-state index contributed by atoms with van der Waals surface area (Å²) in [4.78, 5) is 11.6. The highest BCUT2D eigenvalue weighted by Gasteiger charge is 2.00. The number of hydrazone groups is 1. The van der Waals surface area contributed by atoms with E-state index in [9.17, 15) is 4.79 Å². The van der Waals surface area contributed by atoms with E-state index in [1.165, 1.54) is 6.21 Å². The minimum Gasteiger partial charge on any atom is -0.508 e. The molecule has 2 aromatic carbocycles. The minimum absolute atomic E-state index is 0.151. The smallest absolute Gasteiger partial charge is 0.259 e. The molecule has 0 unspecified atom stereocenters. The van der Waals surface area contributed by atoms with Crippen molar-refractivity contribution in [2.24, 2.45) is 5.10 Å². The van der Waals surface area contributed by atoms with Crippen LogP contribution in [0, 0.1) is 6.92 Å². The molecule has 108 valence electrons. The molecule has 5 heteroatoms. The van der Waals surface area contributed by atoms with Gasteiger partial charge in [0.25, 0.3) is 5.91 Å². The van der Waals surface area contributed by atoms with E-state index >= 15 is 0 Å². The number of phenolic OH excluding ortho intramolecular Hbond substituents is 1. The van der Waals surface area contributed by atoms with Gasteiger partial charge in [-0.2, -0.15) is 5.10 Å². The number of phenols is 1. The van der Waals surface area contributed by atoms with Gasteiger partial charge in [-0.1, -0.05) is 18.2 Å². The van der Waals surface area contributed by atoms with Gasteiger partial charge in [-0.05, 0) is 48.4 Å². The molecule has 2 aromatic rings. The summed E-state index contributed by atoms with van der Waals surface area (Å²) in [5.41, 5.74) is 5.24.